The summed E-state index contributed by atoms with van der Waals surface area (Å²) < 4.78 is 41.2. The second-order valence-corrected chi connectivity index (χ2v) is 18.7. The standard InChI is InChI=1S/C36H44BrN5O7S2/c1-35(15-16-35)51(46,47)41-33(45)36-20-22(36)9-6-4-3-5-7-12-28(38-24-10-8-11-25(18-24)48-2)32(44)42-21-26(19-29(42)31(43)40-36)49-34-39-27-14-13-23(37)17-30(27)50-34/h8,10-11,13-14,17-18,22,26,28-29,38H,3-7,9,12,15-16,19-21H2,1-2H3,(H,40,43)(H,41,45)/t22-,26-,28+,29+,36-/m1/s1. The SMILES string of the molecule is COc1cccc(N[C@H]2CCCCCCC[C@@H]3C[C@@]3(C(=O)NS(=O)(=O)C3(C)CC3)NC(=O)[C@@H]3C[C@@H](Oc4nc5ccc(Br)cc5s4)CN3C2=O)c1. The second-order valence-electron chi connectivity index (χ2n) is 14.6. The molecule has 1 aromatic heterocycles. The highest BCUT2D eigenvalue weighted by Gasteiger charge is 2.63. The van der Waals surface area contributed by atoms with Crippen molar-refractivity contribution in [1.82, 2.24) is 19.9 Å². The fraction of sp³-hybridized carbons (Fsp3) is 0.556. The van der Waals surface area contributed by atoms with Crippen molar-refractivity contribution in [2.45, 2.75) is 106 Å². The van der Waals surface area contributed by atoms with Crippen LogP contribution in [0.3, 0.4) is 0 Å². The normalized spacial score (nSPS) is 28.0. The number of nitrogens with zero attached hydrogens (tertiary/aromatic N) is 2. The number of carbonyl (C=O) groups excluding carboxylic acids is 3. The molecule has 0 radical (unpaired) electrons. The third-order valence-corrected chi connectivity index (χ3v) is 14.4. The highest BCUT2D eigenvalue weighted by atomic mass is 79.9. The number of ether oxygens (including phenoxy) is 2. The van der Waals surface area contributed by atoms with Crippen molar-refractivity contribution in [3.05, 3.63) is 46.9 Å². The Kier molecular flexibility index (Phi) is 10.00. The van der Waals surface area contributed by atoms with Gasteiger partial charge in [0.15, 0.2) is 0 Å². The molecule has 5 atom stereocenters. The first-order chi connectivity index (χ1) is 24.4. The van der Waals surface area contributed by atoms with Crippen molar-refractivity contribution in [1.29, 1.82) is 0 Å². The lowest BCUT2D eigenvalue weighted by Gasteiger charge is -2.30. The van der Waals surface area contributed by atoms with Gasteiger partial charge < -0.3 is 25.0 Å². The van der Waals surface area contributed by atoms with Crippen LogP contribution in [0.15, 0.2) is 46.9 Å². The Balaban J connectivity index is 1.18. The number of nitrogens with one attached hydrogen (secondary N) is 3. The Morgan fingerprint density at radius 1 is 1.08 bits per heavy atom. The van der Waals surface area contributed by atoms with E-state index in [1.807, 2.05) is 42.5 Å². The Bertz CT molecular complexity index is 1940. The first-order valence-corrected chi connectivity index (χ1v) is 20.8. The number of thiazole rings is 1. The molecule has 274 valence electrons. The van der Waals surface area contributed by atoms with E-state index in [2.05, 4.69) is 36.3 Å². The van der Waals surface area contributed by atoms with Gasteiger partial charge in [0.1, 0.15) is 29.5 Å². The van der Waals surface area contributed by atoms with Crippen molar-refractivity contribution < 1.29 is 32.3 Å². The number of rotatable bonds is 8. The van der Waals surface area contributed by atoms with Gasteiger partial charge in [-0.2, -0.15) is 0 Å². The van der Waals surface area contributed by atoms with Gasteiger partial charge in [-0.3, -0.25) is 19.1 Å². The van der Waals surface area contributed by atoms with E-state index >= 15 is 0 Å². The lowest BCUT2D eigenvalue weighted by atomic mass is 10.0. The summed E-state index contributed by atoms with van der Waals surface area (Å²) in [5.41, 5.74) is 0.147. The molecule has 0 spiro atoms. The summed E-state index contributed by atoms with van der Waals surface area (Å²) >= 11 is 4.89. The number of halogens is 1. The van der Waals surface area contributed by atoms with Gasteiger partial charge in [0.2, 0.25) is 21.8 Å². The van der Waals surface area contributed by atoms with E-state index in [0.29, 0.717) is 43.0 Å². The third-order valence-electron chi connectivity index (χ3n) is 10.9. The summed E-state index contributed by atoms with van der Waals surface area (Å²) in [5, 5.41) is 6.84. The predicted molar refractivity (Wildman–Crippen MR) is 198 cm³/mol. The number of methoxy groups -OCH3 is 1. The number of amides is 3. The molecule has 0 bridgehead atoms. The van der Waals surface area contributed by atoms with E-state index < -0.39 is 50.3 Å². The molecule has 4 aliphatic rings. The molecule has 2 aromatic carbocycles. The third kappa shape index (κ3) is 7.57. The smallest absolute Gasteiger partial charge is 0.274 e. The van der Waals surface area contributed by atoms with E-state index in [1.165, 1.54) is 11.3 Å². The molecule has 0 unspecified atom stereocenters. The van der Waals surface area contributed by atoms with Crippen molar-refractivity contribution in [3.63, 3.8) is 0 Å². The molecule has 12 nitrogen and oxygen atoms in total. The minimum absolute atomic E-state index is 0.141. The van der Waals surface area contributed by atoms with Crippen LogP contribution in [0, 0.1) is 5.92 Å². The average Bonchev–Trinajstić information content (AvgIpc) is 3.91. The number of aromatic nitrogens is 1. The van der Waals surface area contributed by atoms with Crippen molar-refractivity contribution in [3.8, 4) is 10.9 Å². The maximum absolute atomic E-state index is 14.6. The van der Waals surface area contributed by atoms with E-state index in [4.69, 9.17) is 9.47 Å². The molecule has 2 saturated heterocycles. The number of benzene rings is 2. The number of carbonyl (C=O) groups is 3. The van der Waals surface area contributed by atoms with Crippen LogP contribution >= 0.6 is 27.3 Å². The summed E-state index contributed by atoms with van der Waals surface area (Å²) in [4.78, 5) is 49.0. The zero-order valence-electron chi connectivity index (χ0n) is 28.8. The molecule has 3 aromatic rings. The summed E-state index contributed by atoms with van der Waals surface area (Å²) in [6.45, 7) is 1.77. The predicted octanol–water partition coefficient (Wildman–Crippen LogP) is 5.51. The topological polar surface area (TPSA) is 156 Å². The molecule has 51 heavy (non-hydrogen) atoms. The molecule has 2 aliphatic heterocycles. The number of anilines is 1. The van der Waals surface area contributed by atoms with Crippen LogP contribution in [0.1, 0.15) is 77.6 Å². The molecule has 3 N–H and O–H groups in total. The Labute approximate surface area is 310 Å². The van der Waals surface area contributed by atoms with Crippen molar-refractivity contribution >= 4 is 70.9 Å². The minimum Gasteiger partial charge on any atom is -0.497 e. The molecule has 7 rings (SSSR count). The molecule has 3 heterocycles. The first kappa shape index (κ1) is 36.0. The van der Waals surface area contributed by atoms with E-state index in [-0.39, 0.29) is 24.8 Å². The van der Waals surface area contributed by atoms with Crippen LogP contribution in [-0.4, -0.2) is 78.2 Å². The molecule has 2 aliphatic carbocycles. The van der Waals surface area contributed by atoms with Crippen LogP contribution in [0.2, 0.25) is 0 Å². The zero-order valence-corrected chi connectivity index (χ0v) is 32.0. The lowest BCUT2D eigenvalue weighted by molar-refractivity contribution is -0.140. The Morgan fingerprint density at radius 3 is 2.61 bits per heavy atom. The molecule has 3 amide bonds. The number of hydrogen-bond acceptors (Lipinski definition) is 10. The van der Waals surface area contributed by atoms with Crippen molar-refractivity contribution in [2.75, 3.05) is 19.0 Å². The van der Waals surface area contributed by atoms with Crippen molar-refractivity contribution in [2.24, 2.45) is 5.92 Å². The Hall–Kier alpha value is -3.43. The van der Waals surface area contributed by atoms with Gasteiger partial charge in [0.25, 0.3) is 11.1 Å². The summed E-state index contributed by atoms with van der Waals surface area (Å²) in [7, 11) is -2.33. The number of hydrogen-bond donors (Lipinski definition) is 3. The fourth-order valence-corrected chi connectivity index (χ4v) is 10.1. The van der Waals surface area contributed by atoms with Crippen LogP contribution in [0.25, 0.3) is 10.2 Å². The largest absolute Gasteiger partial charge is 0.497 e. The fourth-order valence-electron chi connectivity index (χ4n) is 7.34. The van der Waals surface area contributed by atoms with Crippen LogP contribution in [0.4, 0.5) is 5.69 Å². The summed E-state index contributed by atoms with van der Waals surface area (Å²) in [5.74, 6) is -0.983. The number of fused-ring (bicyclic) bond motifs is 3. The van der Waals surface area contributed by atoms with Gasteiger partial charge in [0.05, 0.1) is 28.6 Å². The van der Waals surface area contributed by atoms with Crippen LogP contribution in [0.5, 0.6) is 10.9 Å². The first-order valence-electron chi connectivity index (χ1n) is 17.7. The van der Waals surface area contributed by atoms with Crippen LogP contribution < -0.4 is 24.8 Å². The summed E-state index contributed by atoms with van der Waals surface area (Å²) in [6.07, 6.45) is 6.70. The molecular formula is C36H44BrN5O7S2. The average molecular weight is 803 g/mol. The minimum atomic E-state index is -3.92. The van der Waals surface area contributed by atoms with Gasteiger partial charge in [-0.15, -0.1) is 0 Å². The summed E-state index contributed by atoms with van der Waals surface area (Å²) in [6, 6.07) is 11.6. The van der Waals surface area contributed by atoms with Gasteiger partial charge in [0, 0.05) is 22.6 Å². The quantitative estimate of drug-likeness (QED) is 0.267. The number of sulfonamides is 1. The highest BCUT2D eigenvalue weighted by Crippen LogP contribution is 2.49. The maximum Gasteiger partial charge on any atom is 0.274 e. The monoisotopic (exact) mass is 801 g/mol. The molecule has 15 heteroatoms. The molecule has 2 saturated carbocycles. The van der Waals surface area contributed by atoms with Gasteiger partial charge in [-0.1, -0.05) is 65.4 Å². The van der Waals surface area contributed by atoms with Crippen LogP contribution in [-0.2, 0) is 24.4 Å². The van der Waals surface area contributed by atoms with Gasteiger partial charge in [-0.25, -0.2) is 13.4 Å². The highest BCUT2D eigenvalue weighted by molar-refractivity contribution is 9.10. The van der Waals surface area contributed by atoms with Gasteiger partial charge >= 0.3 is 0 Å². The zero-order chi connectivity index (χ0) is 36.0. The Morgan fingerprint density at radius 2 is 1.84 bits per heavy atom. The van der Waals surface area contributed by atoms with Gasteiger partial charge in [-0.05, 0) is 75.3 Å². The molecular weight excluding hydrogens is 758 g/mol. The van der Waals surface area contributed by atoms with E-state index in [0.717, 1.165) is 52.5 Å². The maximum atomic E-state index is 14.6. The second kappa shape index (κ2) is 14.2. The van der Waals surface area contributed by atoms with E-state index in [1.54, 1.807) is 18.9 Å². The molecule has 4 fully saturated rings. The van der Waals surface area contributed by atoms with E-state index in [9.17, 15) is 22.8 Å². The lowest BCUT2D eigenvalue weighted by Crippen LogP contribution is -2.58.